The lowest BCUT2D eigenvalue weighted by Crippen LogP contribution is -2.27. The molecule has 2 aliphatic heterocycles. The number of hydrogen-bond donors (Lipinski definition) is 0. The van der Waals surface area contributed by atoms with Gasteiger partial charge >= 0.3 is 11.9 Å². The summed E-state index contributed by atoms with van der Waals surface area (Å²) >= 11 is 0. The zero-order chi connectivity index (χ0) is 33.4. The number of carbonyl (C=O) groups excluding carboxylic acids is 2. The van der Waals surface area contributed by atoms with E-state index in [1.54, 1.807) is 6.92 Å². The second-order valence-corrected chi connectivity index (χ2v) is 13.6. The van der Waals surface area contributed by atoms with Crippen LogP contribution in [0.4, 0.5) is 11.4 Å². The molecule has 2 aromatic carbocycles. The van der Waals surface area contributed by atoms with Crippen LogP contribution in [0.3, 0.4) is 0 Å². The second kappa shape index (κ2) is 12.9. The summed E-state index contributed by atoms with van der Waals surface area (Å²) in [6.07, 6.45) is 9.64. The summed E-state index contributed by atoms with van der Waals surface area (Å²) in [5, 5.41) is 0. The SMILES string of the molecule is CCOC(=O)CC(=O)OC1=C(/C=C/C2=[N+](CC)c3ccc(C)cc3C2(C)C)CC/C1=C\C=C1\N(CC)c2ccc(C)cc2C1(C)C. The van der Waals surface area contributed by atoms with E-state index in [1.807, 2.05) is 0 Å². The minimum Gasteiger partial charge on any atom is -0.466 e. The van der Waals surface area contributed by atoms with E-state index in [9.17, 15) is 9.59 Å². The van der Waals surface area contributed by atoms with Crippen molar-refractivity contribution in [3.05, 3.63) is 106 Å². The van der Waals surface area contributed by atoms with E-state index in [-0.39, 0.29) is 17.4 Å². The van der Waals surface area contributed by atoms with Gasteiger partial charge in [-0.05, 0) is 102 Å². The number of carbonyl (C=O) groups is 2. The lowest BCUT2D eigenvalue weighted by atomic mass is 9.80. The Hall–Kier alpha value is -4.19. The van der Waals surface area contributed by atoms with Crippen molar-refractivity contribution >= 4 is 29.0 Å². The number of aryl methyl sites for hydroxylation is 2. The Balaban J connectivity index is 1.55. The smallest absolute Gasteiger partial charge is 0.322 e. The van der Waals surface area contributed by atoms with Gasteiger partial charge in [-0.25, -0.2) is 0 Å². The molecule has 46 heavy (non-hydrogen) atoms. The van der Waals surface area contributed by atoms with Crippen molar-refractivity contribution in [2.45, 2.75) is 92.4 Å². The van der Waals surface area contributed by atoms with Gasteiger partial charge in [0.05, 0.1) is 12.0 Å². The molecule has 0 fully saturated rings. The predicted octanol–water partition coefficient (Wildman–Crippen LogP) is 8.43. The van der Waals surface area contributed by atoms with Crippen molar-refractivity contribution in [1.29, 1.82) is 0 Å². The molecule has 0 amide bonds. The van der Waals surface area contributed by atoms with E-state index in [0.717, 1.165) is 37.1 Å². The molecule has 2 heterocycles. The summed E-state index contributed by atoms with van der Waals surface area (Å²) < 4.78 is 13.4. The first-order chi connectivity index (χ1) is 21.8. The highest BCUT2D eigenvalue weighted by Crippen LogP contribution is 2.48. The van der Waals surface area contributed by atoms with E-state index < -0.39 is 18.4 Å². The van der Waals surface area contributed by atoms with Crippen LogP contribution >= 0.6 is 0 Å². The van der Waals surface area contributed by atoms with Gasteiger partial charge in [0.1, 0.15) is 18.7 Å². The van der Waals surface area contributed by atoms with Crippen LogP contribution in [0.2, 0.25) is 0 Å². The Morgan fingerprint density at radius 2 is 1.57 bits per heavy atom. The molecule has 5 rings (SSSR count). The van der Waals surface area contributed by atoms with Gasteiger partial charge in [0.15, 0.2) is 5.71 Å². The number of ether oxygens (including phenoxy) is 2. The normalized spacial score (nSPS) is 19.9. The van der Waals surface area contributed by atoms with Gasteiger partial charge in [-0.1, -0.05) is 49.2 Å². The van der Waals surface area contributed by atoms with Crippen LogP contribution in [-0.4, -0.2) is 41.9 Å². The monoisotopic (exact) mass is 621 g/mol. The number of likely N-dealkylation sites (N-methyl/N-ethyl adjacent to an activating group) is 1. The van der Waals surface area contributed by atoms with E-state index in [1.165, 1.54) is 45.0 Å². The standard InChI is InChI=1S/C40H49N2O4/c1-10-41-32-19-13-26(4)23-30(32)39(6,7)34(41)21-17-28-15-16-29(38(28)46-37(44)25-36(43)45-12-3)18-22-35-40(8,9)31-24-27(5)14-20-33(31)42(35)11-2/h13-14,17-24H,10-12,15-16,25H2,1-9H3/q+1. The molecule has 0 aromatic heterocycles. The first kappa shape index (κ1) is 33.2. The molecule has 0 unspecified atom stereocenters. The van der Waals surface area contributed by atoms with Crippen LogP contribution in [-0.2, 0) is 29.9 Å². The summed E-state index contributed by atoms with van der Waals surface area (Å²) in [7, 11) is 0. The number of esters is 2. The molecule has 6 heteroatoms. The van der Waals surface area contributed by atoms with E-state index in [4.69, 9.17) is 9.47 Å². The van der Waals surface area contributed by atoms with Crippen LogP contribution in [0.15, 0.2) is 83.3 Å². The zero-order valence-corrected chi connectivity index (χ0v) is 29.0. The molecule has 2 aromatic rings. The Bertz CT molecular complexity index is 1730. The van der Waals surface area contributed by atoms with Crippen LogP contribution < -0.4 is 4.90 Å². The Morgan fingerprint density at radius 3 is 2.24 bits per heavy atom. The number of anilines is 1. The molecule has 0 N–H and O–H groups in total. The fourth-order valence-electron chi connectivity index (χ4n) is 7.25. The highest BCUT2D eigenvalue weighted by Gasteiger charge is 2.44. The van der Waals surface area contributed by atoms with Crippen molar-refractivity contribution in [3.63, 3.8) is 0 Å². The molecular weight excluding hydrogens is 572 g/mol. The predicted molar refractivity (Wildman–Crippen MR) is 186 cm³/mol. The minimum atomic E-state index is -0.606. The van der Waals surface area contributed by atoms with Gasteiger partial charge in [-0.2, -0.15) is 4.58 Å². The van der Waals surface area contributed by atoms with Crippen LogP contribution in [0, 0.1) is 13.8 Å². The van der Waals surface area contributed by atoms with Gasteiger partial charge in [0, 0.05) is 41.1 Å². The number of benzene rings is 2. The maximum Gasteiger partial charge on any atom is 0.322 e. The summed E-state index contributed by atoms with van der Waals surface area (Å²) in [6.45, 7) is 21.3. The number of hydrogen-bond acceptors (Lipinski definition) is 5. The van der Waals surface area contributed by atoms with Crippen molar-refractivity contribution < 1.29 is 23.6 Å². The lowest BCUT2D eigenvalue weighted by Gasteiger charge is -2.26. The molecule has 0 spiro atoms. The number of nitrogens with zero attached hydrogens (tertiary/aromatic N) is 2. The third kappa shape index (κ3) is 6.02. The highest BCUT2D eigenvalue weighted by atomic mass is 16.6. The molecule has 0 saturated carbocycles. The molecule has 6 nitrogen and oxygen atoms in total. The molecule has 3 aliphatic rings. The van der Waals surface area contributed by atoms with Crippen molar-refractivity contribution in [1.82, 2.24) is 0 Å². The van der Waals surface area contributed by atoms with Crippen molar-refractivity contribution in [2.75, 3.05) is 24.6 Å². The van der Waals surface area contributed by atoms with Crippen molar-refractivity contribution in [3.8, 4) is 0 Å². The molecule has 0 saturated heterocycles. The van der Waals surface area contributed by atoms with Gasteiger partial charge in [0.25, 0.3) is 0 Å². The third-order valence-corrected chi connectivity index (χ3v) is 9.67. The van der Waals surface area contributed by atoms with Gasteiger partial charge in [-0.15, -0.1) is 0 Å². The Labute approximate surface area is 274 Å². The van der Waals surface area contributed by atoms with Crippen LogP contribution in [0.1, 0.15) is 90.0 Å². The molecule has 0 radical (unpaired) electrons. The number of allylic oxidation sites excluding steroid dienone is 7. The maximum atomic E-state index is 13.0. The third-order valence-electron chi connectivity index (χ3n) is 9.67. The molecule has 0 bridgehead atoms. The average Bonchev–Trinajstić information content (AvgIpc) is 3.55. The summed E-state index contributed by atoms with van der Waals surface area (Å²) in [6, 6.07) is 13.3. The first-order valence-corrected chi connectivity index (χ1v) is 16.7. The molecule has 242 valence electrons. The quantitative estimate of drug-likeness (QED) is 0.160. The summed E-state index contributed by atoms with van der Waals surface area (Å²) in [5.41, 5.74) is 11.6. The minimum absolute atomic E-state index is 0.179. The summed E-state index contributed by atoms with van der Waals surface area (Å²) in [4.78, 5) is 27.5. The summed E-state index contributed by atoms with van der Waals surface area (Å²) in [5.74, 6) is -0.640. The van der Waals surface area contributed by atoms with E-state index in [0.29, 0.717) is 5.76 Å². The molecular formula is C40H49N2O4+. The van der Waals surface area contributed by atoms with Gasteiger partial charge < -0.3 is 14.4 Å². The fourth-order valence-corrected chi connectivity index (χ4v) is 7.25. The maximum absolute atomic E-state index is 13.0. The molecule has 1 aliphatic carbocycles. The molecule has 0 atom stereocenters. The van der Waals surface area contributed by atoms with Crippen molar-refractivity contribution in [2.24, 2.45) is 0 Å². The fraction of sp³-hybridized carbons (Fsp3) is 0.425. The van der Waals surface area contributed by atoms with Crippen LogP contribution in [0.5, 0.6) is 0 Å². The number of rotatable bonds is 9. The van der Waals surface area contributed by atoms with E-state index >= 15 is 0 Å². The largest absolute Gasteiger partial charge is 0.466 e. The van der Waals surface area contributed by atoms with E-state index in [2.05, 4.69) is 126 Å². The second-order valence-electron chi connectivity index (χ2n) is 13.6. The average molecular weight is 622 g/mol. The topological polar surface area (TPSA) is 58.9 Å². The van der Waals surface area contributed by atoms with Gasteiger partial charge in [-0.3, -0.25) is 9.59 Å². The first-order valence-electron chi connectivity index (χ1n) is 16.7. The Kier molecular flexibility index (Phi) is 9.30. The number of fused-ring (bicyclic) bond motifs is 2. The Morgan fingerprint density at radius 1 is 0.870 bits per heavy atom. The van der Waals surface area contributed by atoms with Crippen LogP contribution in [0.25, 0.3) is 0 Å². The van der Waals surface area contributed by atoms with Gasteiger partial charge in [0.2, 0.25) is 5.69 Å². The highest BCUT2D eigenvalue weighted by molar-refractivity contribution is 6.03. The zero-order valence-electron chi connectivity index (χ0n) is 29.0. The lowest BCUT2D eigenvalue weighted by molar-refractivity contribution is -0.433.